The van der Waals surface area contributed by atoms with Crippen molar-refractivity contribution < 1.29 is 9.18 Å². The first-order chi connectivity index (χ1) is 9.17. The largest absolute Gasteiger partial charge is 0.343 e. The number of nitrogens with zero attached hydrogens (tertiary/aromatic N) is 2. The number of halogens is 1. The van der Waals surface area contributed by atoms with Crippen LogP contribution in [0.3, 0.4) is 0 Å². The fourth-order valence-corrected chi connectivity index (χ4v) is 2.58. The van der Waals surface area contributed by atoms with E-state index in [4.69, 9.17) is 0 Å². The third kappa shape index (κ3) is 2.76. The quantitative estimate of drug-likeness (QED) is 0.852. The van der Waals surface area contributed by atoms with Gasteiger partial charge in [0.15, 0.2) is 11.4 Å². The highest BCUT2D eigenvalue weighted by molar-refractivity contribution is 7.99. The van der Waals surface area contributed by atoms with E-state index in [1.54, 1.807) is 0 Å². The molecular weight excluding hydrogens is 269 g/mol. The second-order valence-electron chi connectivity index (χ2n) is 3.84. The molecule has 100 valence electrons. The Morgan fingerprint density at radius 3 is 3.00 bits per heavy atom. The van der Waals surface area contributed by atoms with Crippen molar-refractivity contribution in [2.24, 2.45) is 0 Å². The number of H-pyrrole nitrogens is 1. The van der Waals surface area contributed by atoms with Crippen LogP contribution in [-0.4, -0.2) is 21.1 Å². The molecule has 0 aliphatic heterocycles. The standard InChI is InChI=1S/C12H12FN3O2S/c1-2-6-16-11(18)14-15-12(16)19-10-8(7-17)4-3-5-9(10)13/h3-5,7H,2,6H2,1H3,(H,14,18). The molecule has 0 atom stereocenters. The van der Waals surface area contributed by atoms with Crippen LogP contribution in [0, 0.1) is 5.82 Å². The summed E-state index contributed by atoms with van der Waals surface area (Å²) < 4.78 is 15.2. The summed E-state index contributed by atoms with van der Waals surface area (Å²) in [5.74, 6) is -0.506. The van der Waals surface area contributed by atoms with Crippen molar-refractivity contribution >= 4 is 18.0 Å². The van der Waals surface area contributed by atoms with Crippen LogP contribution in [0.5, 0.6) is 0 Å². The van der Waals surface area contributed by atoms with Gasteiger partial charge >= 0.3 is 5.69 Å². The first-order valence-corrected chi connectivity index (χ1v) is 6.55. The van der Waals surface area contributed by atoms with Crippen molar-refractivity contribution in [3.63, 3.8) is 0 Å². The van der Waals surface area contributed by atoms with Gasteiger partial charge in [0.1, 0.15) is 5.82 Å². The molecule has 0 aliphatic carbocycles. The SMILES string of the molecule is CCCn1c(Sc2c(F)cccc2C=O)n[nH]c1=O. The van der Waals surface area contributed by atoms with E-state index < -0.39 is 5.82 Å². The van der Waals surface area contributed by atoms with Gasteiger partial charge in [-0.1, -0.05) is 19.1 Å². The maximum Gasteiger partial charge on any atom is 0.343 e. The Morgan fingerprint density at radius 2 is 2.32 bits per heavy atom. The second-order valence-corrected chi connectivity index (χ2v) is 4.82. The van der Waals surface area contributed by atoms with E-state index in [1.807, 2.05) is 6.92 Å². The van der Waals surface area contributed by atoms with Crippen LogP contribution in [0.15, 0.2) is 33.0 Å². The minimum atomic E-state index is -0.506. The molecule has 0 aliphatic rings. The van der Waals surface area contributed by atoms with E-state index in [0.717, 1.165) is 18.2 Å². The van der Waals surface area contributed by atoms with Crippen molar-refractivity contribution in [3.05, 3.63) is 40.1 Å². The van der Waals surface area contributed by atoms with Gasteiger partial charge in [-0.2, -0.15) is 0 Å². The lowest BCUT2D eigenvalue weighted by molar-refractivity contribution is 0.112. The Hall–Kier alpha value is -1.89. The van der Waals surface area contributed by atoms with Gasteiger partial charge in [-0.05, 0) is 24.2 Å². The molecule has 0 fully saturated rings. The predicted molar refractivity (Wildman–Crippen MR) is 69.0 cm³/mol. The molecular formula is C12H12FN3O2S. The summed E-state index contributed by atoms with van der Waals surface area (Å²) >= 11 is 0.967. The fourth-order valence-electron chi connectivity index (χ4n) is 1.62. The van der Waals surface area contributed by atoms with Crippen molar-refractivity contribution in [2.45, 2.75) is 29.9 Å². The lowest BCUT2D eigenvalue weighted by Gasteiger charge is -2.06. The molecule has 0 spiro atoms. The Balaban J connectivity index is 2.42. The van der Waals surface area contributed by atoms with Crippen molar-refractivity contribution in [1.29, 1.82) is 0 Å². The van der Waals surface area contributed by atoms with Crippen LogP contribution in [0.2, 0.25) is 0 Å². The highest BCUT2D eigenvalue weighted by Crippen LogP contribution is 2.30. The maximum absolute atomic E-state index is 13.7. The first-order valence-electron chi connectivity index (χ1n) is 5.74. The molecule has 1 aromatic heterocycles. The average Bonchev–Trinajstić information content (AvgIpc) is 2.74. The van der Waals surface area contributed by atoms with Crippen LogP contribution in [0.1, 0.15) is 23.7 Å². The van der Waals surface area contributed by atoms with E-state index >= 15 is 0 Å². The number of nitrogens with one attached hydrogen (secondary N) is 1. The highest BCUT2D eigenvalue weighted by atomic mass is 32.2. The van der Waals surface area contributed by atoms with E-state index in [-0.39, 0.29) is 16.1 Å². The predicted octanol–water partition coefficient (Wildman–Crippen LogP) is 2.08. The second kappa shape index (κ2) is 5.83. The smallest absolute Gasteiger partial charge is 0.298 e. The topological polar surface area (TPSA) is 67.8 Å². The van der Waals surface area contributed by atoms with Gasteiger partial charge in [-0.25, -0.2) is 14.3 Å². The van der Waals surface area contributed by atoms with Crippen LogP contribution in [-0.2, 0) is 6.54 Å². The average molecular weight is 281 g/mol. The molecule has 1 N–H and O–H groups in total. The molecule has 0 radical (unpaired) electrons. The number of rotatable bonds is 5. The Morgan fingerprint density at radius 1 is 1.53 bits per heavy atom. The van der Waals surface area contributed by atoms with Gasteiger partial charge in [0.25, 0.3) is 0 Å². The van der Waals surface area contributed by atoms with E-state index in [2.05, 4.69) is 10.2 Å². The zero-order chi connectivity index (χ0) is 13.8. The van der Waals surface area contributed by atoms with E-state index in [0.29, 0.717) is 18.0 Å². The monoisotopic (exact) mass is 281 g/mol. The molecule has 0 saturated carbocycles. The number of hydrogen-bond donors (Lipinski definition) is 1. The molecule has 5 nitrogen and oxygen atoms in total. The molecule has 0 amide bonds. The number of carbonyl (C=O) groups is 1. The Kier molecular flexibility index (Phi) is 4.16. The number of aromatic nitrogens is 3. The van der Waals surface area contributed by atoms with E-state index in [1.165, 1.54) is 22.8 Å². The molecule has 1 aromatic carbocycles. The van der Waals surface area contributed by atoms with Crippen molar-refractivity contribution in [3.8, 4) is 0 Å². The summed E-state index contributed by atoms with van der Waals surface area (Å²) in [6, 6.07) is 4.25. The number of carbonyl (C=O) groups excluding carboxylic acids is 1. The summed E-state index contributed by atoms with van der Waals surface area (Å²) in [5.41, 5.74) is -0.100. The normalized spacial score (nSPS) is 10.6. The molecule has 1 heterocycles. The molecule has 0 bridgehead atoms. The summed E-state index contributed by atoms with van der Waals surface area (Å²) in [6.45, 7) is 2.41. The van der Waals surface area contributed by atoms with Gasteiger partial charge in [0.05, 0.1) is 4.90 Å². The van der Waals surface area contributed by atoms with Gasteiger partial charge in [0, 0.05) is 12.1 Å². The van der Waals surface area contributed by atoms with Gasteiger partial charge in [-0.3, -0.25) is 9.36 Å². The van der Waals surface area contributed by atoms with Gasteiger partial charge in [0.2, 0.25) is 0 Å². The lowest BCUT2D eigenvalue weighted by Crippen LogP contribution is -2.17. The number of aromatic amines is 1. The number of aldehydes is 1. The summed E-state index contributed by atoms with van der Waals surface area (Å²) in [6.07, 6.45) is 1.34. The minimum Gasteiger partial charge on any atom is -0.298 e. The lowest BCUT2D eigenvalue weighted by atomic mass is 10.2. The fraction of sp³-hybridized carbons (Fsp3) is 0.250. The van der Waals surface area contributed by atoms with Crippen molar-refractivity contribution in [2.75, 3.05) is 0 Å². The third-order valence-corrected chi connectivity index (χ3v) is 3.62. The number of benzene rings is 1. The maximum atomic E-state index is 13.7. The zero-order valence-corrected chi connectivity index (χ0v) is 11.0. The summed E-state index contributed by atoms with van der Waals surface area (Å²) in [7, 11) is 0. The molecule has 2 rings (SSSR count). The Labute approximate surface area is 112 Å². The molecule has 0 saturated heterocycles. The Bertz CT molecular complexity index is 651. The van der Waals surface area contributed by atoms with Crippen LogP contribution >= 0.6 is 11.8 Å². The van der Waals surface area contributed by atoms with Crippen LogP contribution in [0.25, 0.3) is 0 Å². The van der Waals surface area contributed by atoms with Gasteiger partial charge < -0.3 is 0 Å². The van der Waals surface area contributed by atoms with Crippen LogP contribution in [0.4, 0.5) is 4.39 Å². The zero-order valence-electron chi connectivity index (χ0n) is 10.2. The molecule has 19 heavy (non-hydrogen) atoms. The van der Waals surface area contributed by atoms with Crippen molar-refractivity contribution in [1.82, 2.24) is 14.8 Å². The van der Waals surface area contributed by atoms with Gasteiger partial charge in [-0.15, -0.1) is 5.10 Å². The minimum absolute atomic E-state index is 0.175. The molecule has 7 heteroatoms. The molecule has 2 aromatic rings. The molecule has 0 unspecified atom stereocenters. The van der Waals surface area contributed by atoms with Crippen LogP contribution < -0.4 is 5.69 Å². The van der Waals surface area contributed by atoms with E-state index in [9.17, 15) is 14.0 Å². The first kappa shape index (κ1) is 13.5. The highest BCUT2D eigenvalue weighted by Gasteiger charge is 2.15. The number of hydrogen-bond acceptors (Lipinski definition) is 4. The summed E-state index contributed by atoms with van der Waals surface area (Å²) in [5, 5.41) is 6.52. The third-order valence-electron chi connectivity index (χ3n) is 2.49. The summed E-state index contributed by atoms with van der Waals surface area (Å²) in [4.78, 5) is 22.6.